The summed E-state index contributed by atoms with van der Waals surface area (Å²) in [6.07, 6.45) is -1.68. The number of hydrogen-bond acceptors (Lipinski definition) is 5. The van der Waals surface area contributed by atoms with Crippen LogP contribution in [-0.2, 0) is 14.3 Å². The lowest BCUT2D eigenvalue weighted by molar-refractivity contribution is -0.149. The van der Waals surface area contributed by atoms with E-state index < -0.39 is 36.2 Å². The fourth-order valence-corrected chi connectivity index (χ4v) is 4.75. The SMILES string of the molecule is CC(C)C(NC(=O)OCC1c2ccccc2-c2ccccc21)C(=O)N1C[C@H](O)C[C@@H]1C(=O)O. The van der Waals surface area contributed by atoms with Crippen LogP contribution in [0.15, 0.2) is 48.5 Å². The molecule has 33 heavy (non-hydrogen) atoms. The van der Waals surface area contributed by atoms with Crippen LogP contribution < -0.4 is 5.32 Å². The van der Waals surface area contributed by atoms with Gasteiger partial charge in [-0.1, -0.05) is 62.4 Å². The van der Waals surface area contributed by atoms with E-state index in [-0.39, 0.29) is 31.4 Å². The van der Waals surface area contributed by atoms with Gasteiger partial charge in [0.2, 0.25) is 5.91 Å². The van der Waals surface area contributed by atoms with E-state index in [1.54, 1.807) is 13.8 Å². The number of likely N-dealkylation sites (tertiary alicyclic amines) is 1. The third-order valence-corrected chi connectivity index (χ3v) is 6.40. The van der Waals surface area contributed by atoms with Gasteiger partial charge < -0.3 is 25.2 Å². The van der Waals surface area contributed by atoms with Crippen LogP contribution in [0.4, 0.5) is 4.79 Å². The third-order valence-electron chi connectivity index (χ3n) is 6.40. The fraction of sp³-hybridized carbons (Fsp3) is 0.400. The van der Waals surface area contributed by atoms with Crippen molar-refractivity contribution in [1.29, 1.82) is 0 Å². The van der Waals surface area contributed by atoms with Gasteiger partial charge in [-0.3, -0.25) is 4.79 Å². The van der Waals surface area contributed by atoms with Gasteiger partial charge in [0, 0.05) is 18.9 Å². The summed E-state index contributed by atoms with van der Waals surface area (Å²) in [7, 11) is 0. The lowest BCUT2D eigenvalue weighted by Crippen LogP contribution is -2.54. The van der Waals surface area contributed by atoms with Crippen molar-refractivity contribution in [2.75, 3.05) is 13.2 Å². The number of carbonyl (C=O) groups is 3. The van der Waals surface area contributed by atoms with Gasteiger partial charge in [-0.05, 0) is 28.2 Å². The highest BCUT2D eigenvalue weighted by Crippen LogP contribution is 2.44. The Morgan fingerprint density at radius 1 is 1.06 bits per heavy atom. The molecule has 0 spiro atoms. The van der Waals surface area contributed by atoms with Crippen LogP contribution >= 0.6 is 0 Å². The van der Waals surface area contributed by atoms with E-state index in [0.29, 0.717) is 0 Å². The smallest absolute Gasteiger partial charge is 0.407 e. The maximum atomic E-state index is 13.1. The Bertz CT molecular complexity index is 1020. The summed E-state index contributed by atoms with van der Waals surface area (Å²) in [6.45, 7) is 3.55. The predicted octanol–water partition coefficient (Wildman–Crippen LogP) is 2.60. The predicted molar refractivity (Wildman–Crippen MR) is 121 cm³/mol. The van der Waals surface area contributed by atoms with Crippen molar-refractivity contribution in [2.24, 2.45) is 5.92 Å². The van der Waals surface area contributed by atoms with Crippen molar-refractivity contribution < 1.29 is 29.3 Å². The second-order valence-electron chi connectivity index (χ2n) is 8.93. The molecule has 0 aromatic heterocycles. The maximum absolute atomic E-state index is 13.1. The molecule has 174 valence electrons. The molecular weight excluding hydrogens is 424 g/mol. The van der Waals surface area contributed by atoms with E-state index in [4.69, 9.17) is 4.74 Å². The Kier molecular flexibility index (Phi) is 6.37. The van der Waals surface area contributed by atoms with Gasteiger partial charge in [-0.2, -0.15) is 0 Å². The molecule has 8 nitrogen and oxygen atoms in total. The first-order chi connectivity index (χ1) is 15.8. The quantitative estimate of drug-likeness (QED) is 0.620. The zero-order valence-corrected chi connectivity index (χ0v) is 18.6. The zero-order valence-electron chi connectivity index (χ0n) is 18.6. The van der Waals surface area contributed by atoms with Gasteiger partial charge in [0.1, 0.15) is 18.7 Å². The van der Waals surface area contributed by atoms with E-state index in [2.05, 4.69) is 5.32 Å². The molecule has 3 atom stereocenters. The minimum Gasteiger partial charge on any atom is -0.480 e. The van der Waals surface area contributed by atoms with E-state index in [1.165, 1.54) is 0 Å². The van der Waals surface area contributed by atoms with Crippen LogP contribution in [0.1, 0.15) is 37.3 Å². The second-order valence-corrected chi connectivity index (χ2v) is 8.93. The van der Waals surface area contributed by atoms with Gasteiger partial charge in [0.25, 0.3) is 0 Å². The highest BCUT2D eigenvalue weighted by Gasteiger charge is 2.42. The number of hydrogen-bond donors (Lipinski definition) is 3. The topological polar surface area (TPSA) is 116 Å². The van der Waals surface area contributed by atoms with Crippen molar-refractivity contribution in [2.45, 2.75) is 44.4 Å². The lowest BCUT2D eigenvalue weighted by atomic mass is 9.98. The number of β-amino-alcohol motifs (C(OH)–C–C–N with tert-alkyl or cyclic N) is 1. The largest absolute Gasteiger partial charge is 0.480 e. The number of aliphatic hydroxyl groups is 1. The van der Waals surface area contributed by atoms with Crippen LogP contribution in [0, 0.1) is 5.92 Å². The number of carbonyl (C=O) groups excluding carboxylic acids is 2. The highest BCUT2D eigenvalue weighted by molar-refractivity contribution is 5.90. The number of ether oxygens (including phenoxy) is 1. The van der Waals surface area contributed by atoms with Crippen molar-refractivity contribution in [3.05, 3.63) is 59.7 Å². The number of alkyl carbamates (subject to hydrolysis) is 1. The number of fused-ring (bicyclic) bond motifs is 3. The molecule has 2 amide bonds. The van der Waals surface area contributed by atoms with Gasteiger partial charge in [0.05, 0.1) is 6.10 Å². The summed E-state index contributed by atoms with van der Waals surface area (Å²) < 4.78 is 5.54. The maximum Gasteiger partial charge on any atom is 0.407 e. The van der Waals surface area contributed by atoms with Gasteiger partial charge in [-0.25, -0.2) is 9.59 Å². The molecule has 1 fully saturated rings. The summed E-state index contributed by atoms with van der Waals surface area (Å²) >= 11 is 0. The zero-order chi connectivity index (χ0) is 23.7. The van der Waals surface area contributed by atoms with E-state index in [0.717, 1.165) is 27.2 Å². The van der Waals surface area contributed by atoms with Crippen LogP contribution in [0.2, 0.25) is 0 Å². The highest BCUT2D eigenvalue weighted by atomic mass is 16.5. The number of benzene rings is 2. The third kappa shape index (κ3) is 4.43. The molecule has 1 heterocycles. The normalized spacial score (nSPS) is 20.3. The summed E-state index contributed by atoms with van der Waals surface area (Å²) in [4.78, 5) is 38.4. The minimum atomic E-state index is -1.18. The molecule has 1 saturated heterocycles. The second kappa shape index (κ2) is 9.23. The number of rotatable bonds is 6. The number of aliphatic hydroxyl groups excluding tert-OH is 1. The molecule has 1 aliphatic heterocycles. The average Bonchev–Trinajstić information content (AvgIpc) is 3.34. The monoisotopic (exact) mass is 452 g/mol. The summed E-state index contributed by atoms with van der Waals surface area (Å²) in [6, 6.07) is 13.9. The lowest BCUT2D eigenvalue weighted by Gasteiger charge is -2.29. The van der Waals surface area contributed by atoms with Crippen LogP contribution in [0.5, 0.6) is 0 Å². The Morgan fingerprint density at radius 2 is 1.64 bits per heavy atom. The molecule has 2 aromatic carbocycles. The summed E-state index contributed by atoms with van der Waals surface area (Å²) in [5, 5.41) is 21.9. The first-order valence-electron chi connectivity index (χ1n) is 11.1. The van der Waals surface area contributed by atoms with E-state index >= 15 is 0 Å². The van der Waals surface area contributed by atoms with Crippen molar-refractivity contribution in [1.82, 2.24) is 10.2 Å². The van der Waals surface area contributed by atoms with Gasteiger partial charge in [0.15, 0.2) is 0 Å². The molecule has 0 bridgehead atoms. The molecule has 3 N–H and O–H groups in total. The van der Waals surface area contributed by atoms with Crippen molar-refractivity contribution >= 4 is 18.0 Å². The Labute approximate surface area is 192 Å². The number of aliphatic carboxylic acids is 1. The summed E-state index contributed by atoms with van der Waals surface area (Å²) in [5.41, 5.74) is 4.39. The molecular formula is C25H28N2O6. The molecule has 0 saturated carbocycles. The Balaban J connectivity index is 1.44. The molecule has 1 unspecified atom stereocenters. The number of nitrogens with one attached hydrogen (secondary N) is 1. The van der Waals surface area contributed by atoms with E-state index in [9.17, 15) is 24.6 Å². The molecule has 8 heteroatoms. The first-order valence-corrected chi connectivity index (χ1v) is 11.1. The minimum absolute atomic E-state index is 0.0309. The Hall–Kier alpha value is -3.39. The molecule has 2 aromatic rings. The number of amides is 2. The van der Waals surface area contributed by atoms with E-state index in [1.807, 2.05) is 48.5 Å². The van der Waals surface area contributed by atoms with Gasteiger partial charge >= 0.3 is 12.1 Å². The fourth-order valence-electron chi connectivity index (χ4n) is 4.75. The van der Waals surface area contributed by atoms with Crippen molar-refractivity contribution in [3.8, 4) is 11.1 Å². The molecule has 1 aliphatic carbocycles. The van der Waals surface area contributed by atoms with Crippen molar-refractivity contribution in [3.63, 3.8) is 0 Å². The Morgan fingerprint density at radius 3 is 2.18 bits per heavy atom. The number of carboxylic acid groups (broad SMARTS) is 1. The number of carboxylic acids is 1. The molecule has 4 rings (SSSR count). The van der Waals surface area contributed by atoms with Crippen LogP contribution in [0.3, 0.4) is 0 Å². The van der Waals surface area contributed by atoms with Crippen LogP contribution in [0.25, 0.3) is 11.1 Å². The van der Waals surface area contributed by atoms with Crippen LogP contribution in [-0.4, -0.2) is 64.4 Å². The molecule has 0 radical (unpaired) electrons. The van der Waals surface area contributed by atoms with Gasteiger partial charge in [-0.15, -0.1) is 0 Å². The number of nitrogens with zero attached hydrogens (tertiary/aromatic N) is 1. The standard InChI is InChI=1S/C25H28N2O6/c1-14(2)22(23(29)27-12-15(28)11-21(27)24(30)31)26-25(32)33-13-20-18-9-5-3-7-16(18)17-8-4-6-10-19(17)20/h3-10,14-15,20-22,28H,11-13H2,1-2H3,(H,26,32)(H,30,31)/t15-,21-,22?/m1/s1. The summed E-state index contributed by atoms with van der Waals surface area (Å²) in [5.74, 6) is -2.13. The molecule has 2 aliphatic rings. The average molecular weight is 453 g/mol. The first kappa shape index (κ1) is 22.8.